The number of rotatable bonds is 13. The quantitative estimate of drug-likeness (QED) is 0.125. The Labute approximate surface area is 658 Å². The number of nitrogens with one attached hydrogen (secondary N) is 3. The van der Waals surface area contributed by atoms with Gasteiger partial charge >= 0.3 is 12.4 Å². The van der Waals surface area contributed by atoms with E-state index in [1.165, 1.54) is 64.1 Å². The van der Waals surface area contributed by atoms with Gasteiger partial charge in [-0.3, -0.25) is 57.5 Å². The van der Waals surface area contributed by atoms with Gasteiger partial charge in [0.25, 0.3) is 0 Å². The minimum absolute atomic E-state index is 0.00591. The summed E-state index contributed by atoms with van der Waals surface area (Å²) < 4.78 is 128. The van der Waals surface area contributed by atoms with Crippen LogP contribution in [-0.2, 0) is 67.0 Å². The summed E-state index contributed by atoms with van der Waals surface area (Å²) in [6.07, 6.45) is -12.5. The first kappa shape index (κ1) is 91.3. The van der Waals surface area contributed by atoms with Crippen LogP contribution >= 0.6 is 0 Å². The number of halogens is 8. The van der Waals surface area contributed by atoms with Crippen LogP contribution in [0.2, 0.25) is 0 Å². The number of hydrogen-bond acceptors (Lipinski definition) is 14. The molecule has 4 saturated carbocycles. The number of methoxy groups -OCH3 is 1. The zero-order valence-corrected chi connectivity index (χ0v) is 68.0. The van der Waals surface area contributed by atoms with Gasteiger partial charge in [-0.15, -0.1) is 0 Å². The molecule has 3 N–H and O–H groups in total. The van der Waals surface area contributed by atoms with Crippen LogP contribution in [0.4, 0.5) is 35.1 Å². The van der Waals surface area contributed by atoms with Gasteiger partial charge in [0.1, 0.15) is 72.1 Å². The van der Waals surface area contributed by atoms with Crippen molar-refractivity contribution in [2.75, 3.05) is 95.3 Å². The van der Waals surface area contributed by atoms with Gasteiger partial charge in [0.15, 0.2) is 0 Å². The van der Waals surface area contributed by atoms with Crippen LogP contribution in [0.15, 0.2) is 12.2 Å². The second-order valence-electron chi connectivity index (χ2n) is 34.5. The van der Waals surface area contributed by atoms with Gasteiger partial charge in [-0.05, 0) is 159 Å². The summed E-state index contributed by atoms with van der Waals surface area (Å²) in [6, 6.07) is -11.7. The number of likely N-dealkylation sites (N-methyl/N-ethyl adjacent to an activating group) is 6. The molecule has 0 aromatic rings. The SMILES string of the molecule is CC[C@H](C)[C@@H]1NC(=O)[C@H](COC)N(C)C(=O)C[C@@H](C(=O)N2CCCCC2)N(C)C(=O)[C@H](C2CCCC2)N(C)C(=O)C2(CC(C)(C)C2)NC(=O)[C@@H]2C[C@@H](OC(C)C)CN2C(=O)[C@H](CCC2CC(F)C(C(F)(F)F)C(F)C2)NC(=O)CN(C)C(=O)[C@H](CC2CCC(C(F)(F)F)CC2)N2CC/C=C\C[C@@H](C2=O)N(C)C(=O)CN(C)C1=O. The van der Waals surface area contributed by atoms with Gasteiger partial charge in [0.2, 0.25) is 70.9 Å². The molecule has 26 nitrogen and oxygen atoms in total. The maximum atomic E-state index is 15.9. The van der Waals surface area contributed by atoms with Crippen LogP contribution < -0.4 is 16.0 Å². The molecule has 2 unspecified atom stereocenters. The van der Waals surface area contributed by atoms with Crippen LogP contribution in [0.3, 0.4) is 0 Å². The Morgan fingerprint density at radius 2 is 1.24 bits per heavy atom. The minimum Gasteiger partial charge on any atom is -0.382 e. The number of carbonyl (C=O) groups is 12. The summed E-state index contributed by atoms with van der Waals surface area (Å²) in [4.78, 5) is 194. The minimum atomic E-state index is -5.23. The maximum absolute atomic E-state index is 15.9. The number of alkyl halides is 8. The van der Waals surface area contributed by atoms with Crippen molar-refractivity contribution in [1.82, 2.24) is 60.0 Å². The third-order valence-electron chi connectivity index (χ3n) is 25.2. The lowest BCUT2D eigenvalue weighted by Crippen LogP contribution is -2.71. The number of piperidine rings is 1. The molecule has 12 atom stereocenters. The standard InChI is InChI=1S/C79H122F8N12O14/c1-14-47(4)65-73(109)92(8)42-63(102)93(9)56-25-17-15-22-34-98(72(56)108)59(37-48-26-29-51(30-27-48)78(82,83)84)70(106)91(7)41-61(100)88-55(31-28-49-35-53(80)64(54(81)36-49)79(85,86)87)69(105)99-40-52(113-46(2)3)38-57(99)68(104)90-77(44-76(5,6)45-77)75(111)96(12)66(50-23-18-19-24-50)74(110)95(11)58(71(107)97-32-20-16-21-33-97)39-62(101)94(10)60(43-112-13)67(103)89-65/h15,17,46-60,64-66H,14,16,18-45H2,1-13H3,(H,88,100)(H,89,103)(H,90,104)/b17-15-/t47-,48?,49?,51?,52+,53?,54?,55-,56-,57-,58-,59-,60-,64?,65-,66-/m0/s1. The second-order valence-corrected chi connectivity index (χ2v) is 34.5. The van der Waals surface area contributed by atoms with E-state index >= 15 is 47.1 Å². The zero-order chi connectivity index (χ0) is 83.7. The Morgan fingerprint density at radius 1 is 0.619 bits per heavy atom. The first-order valence-electron chi connectivity index (χ1n) is 40.5. The summed E-state index contributed by atoms with van der Waals surface area (Å²) in [5, 5.41) is 8.45. The van der Waals surface area contributed by atoms with Crippen molar-refractivity contribution in [2.24, 2.45) is 40.9 Å². The Balaban J connectivity index is 1.23. The van der Waals surface area contributed by atoms with E-state index in [-0.39, 0.29) is 83.7 Å². The number of likely N-dealkylation sites (tertiary alicyclic amines) is 1. The fourth-order valence-electron chi connectivity index (χ4n) is 18.7. The van der Waals surface area contributed by atoms with Crippen LogP contribution in [0.25, 0.3) is 0 Å². The largest absolute Gasteiger partial charge is 0.397 e. The molecule has 1 spiro atoms. The molecule has 0 aromatic carbocycles. The van der Waals surface area contributed by atoms with Gasteiger partial charge < -0.3 is 69.5 Å². The summed E-state index contributed by atoms with van der Waals surface area (Å²) in [5.74, 6) is -17.0. The first-order chi connectivity index (χ1) is 52.9. The van der Waals surface area contributed by atoms with E-state index < -0.39 is 248 Å². The molecule has 4 aliphatic carbocycles. The van der Waals surface area contributed by atoms with E-state index in [1.54, 1.807) is 44.7 Å². The number of nitrogens with zero attached hydrogens (tertiary/aromatic N) is 9. The molecule has 0 radical (unpaired) electrons. The second kappa shape index (κ2) is 38.7. The highest BCUT2D eigenvalue weighted by Crippen LogP contribution is 2.50. The Morgan fingerprint density at radius 3 is 1.81 bits per heavy atom. The lowest BCUT2D eigenvalue weighted by atomic mass is 9.58. The summed E-state index contributed by atoms with van der Waals surface area (Å²) in [5.41, 5.74) is -2.39. The van der Waals surface area contributed by atoms with E-state index in [0.717, 1.165) is 30.9 Å². The van der Waals surface area contributed by atoms with Crippen molar-refractivity contribution in [3.05, 3.63) is 12.2 Å². The molecule has 34 heteroatoms. The highest BCUT2D eigenvalue weighted by atomic mass is 19.4. The topological polar surface area (TPSA) is 289 Å². The lowest BCUT2D eigenvalue weighted by Gasteiger charge is -2.54. The van der Waals surface area contributed by atoms with E-state index in [2.05, 4.69) is 16.0 Å². The summed E-state index contributed by atoms with van der Waals surface area (Å²) >= 11 is 0. The van der Waals surface area contributed by atoms with E-state index in [4.69, 9.17) is 9.47 Å². The van der Waals surface area contributed by atoms with Crippen molar-refractivity contribution in [3.8, 4) is 0 Å². The summed E-state index contributed by atoms with van der Waals surface area (Å²) in [6.45, 7) is 8.73. The lowest BCUT2D eigenvalue weighted by molar-refractivity contribution is -0.219. The van der Waals surface area contributed by atoms with Crippen molar-refractivity contribution >= 4 is 70.9 Å². The van der Waals surface area contributed by atoms with E-state index in [9.17, 15) is 45.5 Å². The Hall–Kier alpha value is -7.26. The predicted molar refractivity (Wildman–Crippen MR) is 399 cm³/mol. The van der Waals surface area contributed by atoms with Crippen molar-refractivity contribution in [2.45, 2.75) is 280 Å². The van der Waals surface area contributed by atoms with E-state index in [1.807, 2.05) is 13.8 Å². The zero-order valence-electron chi connectivity index (χ0n) is 68.0. The van der Waals surface area contributed by atoms with Gasteiger partial charge in [0, 0.05) is 82.0 Å². The van der Waals surface area contributed by atoms with Crippen LogP contribution in [0, 0.1) is 40.9 Å². The molecule has 12 amide bonds. The monoisotopic (exact) mass is 1610 g/mol. The Kier molecular flexibility index (Phi) is 31.2. The number of fused-ring (bicyclic) bond motifs is 3. The first-order valence-corrected chi connectivity index (χ1v) is 40.5. The third-order valence-corrected chi connectivity index (χ3v) is 25.2. The molecular weight excluding hydrogens is 1490 g/mol. The average molecular weight is 1620 g/mol. The molecule has 7 fully saturated rings. The maximum Gasteiger partial charge on any atom is 0.397 e. The molecule has 113 heavy (non-hydrogen) atoms. The van der Waals surface area contributed by atoms with Crippen LogP contribution in [-0.4, -0.2) is 301 Å². The predicted octanol–water partition coefficient (Wildman–Crippen LogP) is 6.90. The van der Waals surface area contributed by atoms with E-state index in [0.29, 0.717) is 58.0 Å². The van der Waals surface area contributed by atoms with Crippen LogP contribution in [0.5, 0.6) is 0 Å². The number of amides is 12. The Bertz CT molecular complexity index is 3400. The fourth-order valence-corrected chi connectivity index (χ4v) is 18.7. The highest BCUT2D eigenvalue weighted by molar-refractivity contribution is 6.01. The van der Waals surface area contributed by atoms with Gasteiger partial charge in [-0.25, -0.2) is 8.78 Å². The van der Waals surface area contributed by atoms with Gasteiger partial charge in [0.05, 0.1) is 44.2 Å². The highest BCUT2D eigenvalue weighted by Gasteiger charge is 2.60. The molecular formula is C79H122F8N12O14. The van der Waals surface area contributed by atoms with Crippen molar-refractivity contribution in [1.29, 1.82) is 0 Å². The third kappa shape index (κ3) is 22.3. The molecule has 8 aliphatic rings. The smallest absolute Gasteiger partial charge is 0.382 e. The van der Waals surface area contributed by atoms with Crippen molar-refractivity contribution in [3.63, 3.8) is 0 Å². The molecule has 4 aliphatic heterocycles. The van der Waals surface area contributed by atoms with Crippen molar-refractivity contribution < 1.29 is 102 Å². The fraction of sp³-hybridized carbons (Fsp3) is 0.823. The number of ether oxygens (including phenoxy) is 2. The number of carbonyl (C=O) groups excluding carboxylic acids is 12. The number of hydrogen-bond donors (Lipinski definition) is 3. The molecule has 2 bridgehead atoms. The molecule has 8 rings (SSSR count). The average Bonchev–Trinajstić information content (AvgIpc) is 1.22. The molecule has 0 aromatic heterocycles. The van der Waals surface area contributed by atoms with Gasteiger partial charge in [-0.2, -0.15) is 26.3 Å². The molecule has 638 valence electrons. The van der Waals surface area contributed by atoms with Crippen LogP contribution in [0.1, 0.15) is 189 Å². The summed E-state index contributed by atoms with van der Waals surface area (Å²) in [7, 11) is 9.26. The molecule has 4 heterocycles. The van der Waals surface area contributed by atoms with Gasteiger partial charge in [-0.1, -0.05) is 59.1 Å². The normalized spacial score (nSPS) is 32.4. The molecule has 3 saturated heterocycles.